The van der Waals surface area contributed by atoms with E-state index in [9.17, 15) is 4.79 Å². The fourth-order valence-electron chi connectivity index (χ4n) is 2.68. The molecule has 4 heterocycles. The molecular weight excluding hydrogens is 250 g/mol. The number of imidazole rings is 1. The second kappa shape index (κ2) is 3.55. The number of aromatic amines is 1. The molecule has 8 nitrogen and oxygen atoms in total. The maximum absolute atomic E-state index is 11.7. The van der Waals surface area contributed by atoms with Gasteiger partial charge in [0.2, 0.25) is 5.95 Å². The number of aromatic nitrogens is 4. The molecule has 19 heavy (non-hydrogen) atoms. The Kier molecular flexibility index (Phi) is 2.04. The molecule has 3 N–H and O–H groups in total. The zero-order chi connectivity index (χ0) is 13.1. The molecule has 2 aliphatic heterocycles. The monoisotopic (exact) mass is 263 g/mol. The molecule has 2 aliphatic rings. The summed E-state index contributed by atoms with van der Waals surface area (Å²) in [6.45, 7) is 2.05. The normalized spacial score (nSPS) is 32.7. The number of rotatable bonds is 2. The van der Waals surface area contributed by atoms with Crippen molar-refractivity contribution in [1.82, 2.24) is 19.5 Å². The van der Waals surface area contributed by atoms with Gasteiger partial charge in [0.15, 0.2) is 17.4 Å². The van der Waals surface area contributed by atoms with Crippen LogP contribution in [-0.4, -0.2) is 37.8 Å². The quantitative estimate of drug-likeness (QED) is 0.724. The predicted octanol–water partition coefficient (Wildman–Crippen LogP) is -0.223. The molecule has 0 saturated carbocycles. The van der Waals surface area contributed by atoms with Crippen molar-refractivity contribution < 1.29 is 9.47 Å². The van der Waals surface area contributed by atoms with Crippen LogP contribution in [0.5, 0.6) is 0 Å². The van der Waals surface area contributed by atoms with Crippen LogP contribution in [0.15, 0.2) is 11.1 Å². The van der Waals surface area contributed by atoms with E-state index in [1.165, 1.54) is 0 Å². The zero-order valence-electron chi connectivity index (χ0n) is 10.2. The lowest BCUT2D eigenvalue weighted by Crippen LogP contribution is -2.19. The first-order valence-corrected chi connectivity index (χ1v) is 6.22. The lowest BCUT2D eigenvalue weighted by Gasteiger charge is -2.17. The smallest absolute Gasteiger partial charge is 0.280 e. The van der Waals surface area contributed by atoms with Crippen LogP contribution in [-0.2, 0) is 9.47 Å². The molecule has 2 saturated heterocycles. The summed E-state index contributed by atoms with van der Waals surface area (Å²) in [4.78, 5) is 22.3. The van der Waals surface area contributed by atoms with Crippen LogP contribution in [0, 0.1) is 0 Å². The van der Waals surface area contributed by atoms with E-state index in [0.29, 0.717) is 5.65 Å². The summed E-state index contributed by atoms with van der Waals surface area (Å²) in [5.41, 5.74) is 5.91. The van der Waals surface area contributed by atoms with Gasteiger partial charge in [-0.1, -0.05) is 6.92 Å². The van der Waals surface area contributed by atoms with Gasteiger partial charge in [0.1, 0.15) is 12.2 Å². The van der Waals surface area contributed by atoms with Gasteiger partial charge in [-0.05, 0) is 6.42 Å². The Hall–Kier alpha value is -1.93. The predicted molar refractivity (Wildman–Crippen MR) is 65.4 cm³/mol. The van der Waals surface area contributed by atoms with E-state index >= 15 is 0 Å². The van der Waals surface area contributed by atoms with Gasteiger partial charge in [0.25, 0.3) is 5.56 Å². The molecule has 4 atom stereocenters. The molecular formula is C11H13N5O3. The summed E-state index contributed by atoms with van der Waals surface area (Å²) < 4.78 is 13.2. The molecule has 0 radical (unpaired) electrons. The Morgan fingerprint density at radius 2 is 2.32 bits per heavy atom. The number of epoxide rings is 1. The van der Waals surface area contributed by atoms with Crippen molar-refractivity contribution in [2.24, 2.45) is 0 Å². The molecule has 0 aliphatic carbocycles. The summed E-state index contributed by atoms with van der Waals surface area (Å²) in [5.74, 6) is 0.0672. The molecule has 2 aromatic heterocycles. The van der Waals surface area contributed by atoms with Gasteiger partial charge in [0, 0.05) is 0 Å². The topological polar surface area (TPSA) is 111 Å². The lowest BCUT2D eigenvalue weighted by atomic mass is 10.2. The van der Waals surface area contributed by atoms with Gasteiger partial charge < -0.3 is 15.2 Å². The minimum absolute atomic E-state index is 0.0182. The first-order chi connectivity index (χ1) is 9.19. The van der Waals surface area contributed by atoms with E-state index in [0.717, 1.165) is 6.42 Å². The van der Waals surface area contributed by atoms with Gasteiger partial charge in [-0.25, -0.2) is 4.98 Å². The summed E-state index contributed by atoms with van der Waals surface area (Å²) in [5, 5.41) is 0. The molecule has 0 unspecified atom stereocenters. The number of hydrogen-bond acceptors (Lipinski definition) is 6. The van der Waals surface area contributed by atoms with Crippen LogP contribution in [0.4, 0.5) is 5.95 Å². The Morgan fingerprint density at radius 1 is 1.47 bits per heavy atom. The Bertz CT molecular complexity index is 708. The van der Waals surface area contributed by atoms with Crippen molar-refractivity contribution in [1.29, 1.82) is 0 Å². The molecule has 2 fully saturated rings. The van der Waals surface area contributed by atoms with Gasteiger partial charge in [-0.3, -0.25) is 14.3 Å². The second-order valence-electron chi connectivity index (χ2n) is 4.81. The Morgan fingerprint density at radius 3 is 3.05 bits per heavy atom. The second-order valence-corrected chi connectivity index (χ2v) is 4.81. The van der Waals surface area contributed by atoms with Gasteiger partial charge in [-0.15, -0.1) is 0 Å². The largest absolute Gasteiger partial charge is 0.369 e. The van der Waals surface area contributed by atoms with E-state index in [1.54, 1.807) is 10.9 Å². The lowest BCUT2D eigenvalue weighted by molar-refractivity contribution is -0.0657. The first-order valence-electron chi connectivity index (χ1n) is 6.22. The maximum Gasteiger partial charge on any atom is 0.280 e. The highest BCUT2D eigenvalue weighted by Crippen LogP contribution is 2.46. The van der Waals surface area contributed by atoms with Crippen molar-refractivity contribution >= 4 is 17.1 Å². The Balaban J connectivity index is 1.82. The van der Waals surface area contributed by atoms with Gasteiger partial charge in [0.05, 0.1) is 12.4 Å². The van der Waals surface area contributed by atoms with Crippen molar-refractivity contribution in [2.75, 3.05) is 5.73 Å². The fourth-order valence-corrected chi connectivity index (χ4v) is 2.68. The number of anilines is 1. The van der Waals surface area contributed by atoms with Crippen LogP contribution >= 0.6 is 0 Å². The molecule has 0 amide bonds. The average Bonchev–Trinajstić information content (AvgIpc) is 2.91. The minimum atomic E-state index is -0.348. The van der Waals surface area contributed by atoms with Gasteiger partial charge >= 0.3 is 0 Å². The van der Waals surface area contributed by atoms with E-state index < -0.39 is 0 Å². The van der Waals surface area contributed by atoms with E-state index in [4.69, 9.17) is 15.2 Å². The van der Waals surface area contributed by atoms with Crippen LogP contribution < -0.4 is 11.3 Å². The highest BCUT2D eigenvalue weighted by atomic mass is 16.7. The molecule has 0 spiro atoms. The molecule has 0 aromatic carbocycles. The Labute approximate surface area is 107 Å². The number of fused-ring (bicyclic) bond motifs is 2. The van der Waals surface area contributed by atoms with Crippen LogP contribution in [0.3, 0.4) is 0 Å². The van der Waals surface area contributed by atoms with E-state index in [1.807, 2.05) is 0 Å². The highest BCUT2D eigenvalue weighted by Gasteiger charge is 2.58. The number of ether oxygens (including phenoxy) is 2. The van der Waals surface area contributed by atoms with Crippen LogP contribution in [0.25, 0.3) is 11.2 Å². The molecule has 2 aromatic rings. The summed E-state index contributed by atoms with van der Waals surface area (Å²) >= 11 is 0. The number of hydrogen-bond donors (Lipinski definition) is 2. The third kappa shape index (κ3) is 1.44. The van der Waals surface area contributed by atoms with Crippen molar-refractivity contribution in [3.05, 3.63) is 16.7 Å². The number of nitrogen functional groups attached to an aromatic ring is 1. The maximum atomic E-state index is 11.7. The zero-order valence-corrected chi connectivity index (χ0v) is 10.2. The molecule has 100 valence electrons. The van der Waals surface area contributed by atoms with Crippen molar-refractivity contribution in [3.63, 3.8) is 0 Å². The van der Waals surface area contributed by atoms with Crippen molar-refractivity contribution in [3.8, 4) is 0 Å². The minimum Gasteiger partial charge on any atom is -0.369 e. The van der Waals surface area contributed by atoms with E-state index in [-0.39, 0.29) is 41.6 Å². The van der Waals surface area contributed by atoms with Crippen molar-refractivity contribution in [2.45, 2.75) is 37.9 Å². The van der Waals surface area contributed by atoms with E-state index in [2.05, 4.69) is 21.9 Å². The molecule has 4 rings (SSSR count). The summed E-state index contributed by atoms with van der Waals surface area (Å²) in [7, 11) is 0. The molecule has 8 heteroatoms. The van der Waals surface area contributed by atoms with Crippen LogP contribution in [0.2, 0.25) is 0 Å². The third-order valence-electron chi connectivity index (χ3n) is 3.65. The number of nitrogens with zero attached hydrogens (tertiary/aromatic N) is 3. The molecule has 0 bridgehead atoms. The average molecular weight is 263 g/mol. The summed E-state index contributed by atoms with van der Waals surface area (Å²) in [6.07, 6.45) is 2.41. The fraction of sp³-hybridized carbons (Fsp3) is 0.545. The highest BCUT2D eigenvalue weighted by molar-refractivity contribution is 5.70. The van der Waals surface area contributed by atoms with Gasteiger partial charge in [-0.2, -0.15) is 4.98 Å². The third-order valence-corrected chi connectivity index (χ3v) is 3.65. The SMILES string of the molecule is CC[C@H]1O[C@@H](n2cnc3c(=O)[nH]c(N)nc32)[C@H]2O[C@H]21. The number of nitrogens with one attached hydrogen (secondary N) is 1. The number of H-pyrrole nitrogens is 1. The standard InChI is InChI=1S/C11H13N5O3/c1-2-4-6-7(19-6)10(18-4)16-3-13-5-8(16)14-11(12)15-9(5)17/h3-4,6-7,10H,2H2,1H3,(H3,12,14,15,17)/t4-,6+,7+,10-/m1/s1. The summed E-state index contributed by atoms with van der Waals surface area (Å²) in [6, 6.07) is 0. The first kappa shape index (κ1) is 10.9. The number of nitrogens with two attached hydrogens (primary N) is 1. The van der Waals surface area contributed by atoms with Crippen LogP contribution in [0.1, 0.15) is 19.6 Å².